The molecule has 0 heterocycles. The number of aryl methyl sites for hydroxylation is 2. The maximum Gasteiger partial charge on any atom is 0.264 e. The smallest absolute Gasteiger partial charge is 0.264 e. The van der Waals surface area contributed by atoms with Crippen molar-refractivity contribution in [2.24, 2.45) is 0 Å². The van der Waals surface area contributed by atoms with Crippen molar-refractivity contribution >= 4 is 27.5 Å². The van der Waals surface area contributed by atoms with Crippen molar-refractivity contribution in [2.45, 2.75) is 58.1 Å². The van der Waals surface area contributed by atoms with Gasteiger partial charge >= 0.3 is 0 Å². The zero-order chi connectivity index (χ0) is 28.0. The molecular formula is C29H34FN3O4S. The van der Waals surface area contributed by atoms with E-state index in [1.807, 2.05) is 26.8 Å². The second-order valence-electron chi connectivity index (χ2n) is 9.60. The van der Waals surface area contributed by atoms with Crippen molar-refractivity contribution in [2.75, 3.05) is 10.8 Å². The molecule has 202 valence electrons. The number of benzene rings is 3. The molecule has 7 nitrogen and oxygen atoms in total. The fourth-order valence-corrected chi connectivity index (χ4v) is 5.59. The number of halogens is 1. The summed E-state index contributed by atoms with van der Waals surface area (Å²) in [6.07, 6.45) is 0. The number of rotatable bonds is 10. The fourth-order valence-electron chi connectivity index (χ4n) is 4.09. The second-order valence-corrected chi connectivity index (χ2v) is 11.5. The molecule has 38 heavy (non-hydrogen) atoms. The Labute approximate surface area is 224 Å². The molecular weight excluding hydrogens is 505 g/mol. The number of hydrogen-bond donors (Lipinski definition) is 1. The van der Waals surface area contributed by atoms with E-state index in [2.05, 4.69) is 5.32 Å². The zero-order valence-electron chi connectivity index (χ0n) is 22.3. The van der Waals surface area contributed by atoms with E-state index >= 15 is 0 Å². The highest BCUT2D eigenvalue weighted by atomic mass is 32.2. The topological polar surface area (TPSA) is 86.8 Å². The van der Waals surface area contributed by atoms with Crippen LogP contribution in [0.1, 0.15) is 37.5 Å². The van der Waals surface area contributed by atoms with Crippen LogP contribution in [0.25, 0.3) is 0 Å². The van der Waals surface area contributed by atoms with E-state index in [0.29, 0.717) is 16.8 Å². The fraction of sp³-hybridized carbons (Fsp3) is 0.310. The quantitative estimate of drug-likeness (QED) is 0.409. The van der Waals surface area contributed by atoms with E-state index in [4.69, 9.17) is 0 Å². The van der Waals surface area contributed by atoms with Crippen LogP contribution in [0.3, 0.4) is 0 Å². The van der Waals surface area contributed by atoms with Gasteiger partial charge in [0.2, 0.25) is 11.8 Å². The van der Waals surface area contributed by atoms with Gasteiger partial charge in [-0.15, -0.1) is 0 Å². The first kappa shape index (κ1) is 28.8. The van der Waals surface area contributed by atoms with Crippen LogP contribution >= 0.6 is 0 Å². The molecule has 0 saturated carbocycles. The normalized spacial score (nSPS) is 12.2. The predicted molar refractivity (Wildman–Crippen MR) is 147 cm³/mol. The van der Waals surface area contributed by atoms with Crippen LogP contribution in [-0.4, -0.2) is 43.8 Å². The minimum absolute atomic E-state index is 0.00208. The molecule has 0 bridgehead atoms. The summed E-state index contributed by atoms with van der Waals surface area (Å²) < 4.78 is 42.2. The van der Waals surface area contributed by atoms with Crippen molar-refractivity contribution in [3.63, 3.8) is 0 Å². The lowest BCUT2D eigenvalue weighted by atomic mass is 10.1. The summed E-state index contributed by atoms with van der Waals surface area (Å²) in [6, 6.07) is 17.8. The van der Waals surface area contributed by atoms with Gasteiger partial charge in [0.15, 0.2) is 0 Å². The van der Waals surface area contributed by atoms with E-state index in [-0.39, 0.29) is 23.4 Å². The maximum atomic E-state index is 13.9. The van der Waals surface area contributed by atoms with Gasteiger partial charge < -0.3 is 10.2 Å². The lowest BCUT2D eigenvalue weighted by Gasteiger charge is -2.32. The molecule has 0 saturated heterocycles. The highest BCUT2D eigenvalue weighted by Crippen LogP contribution is 2.28. The number of carbonyl (C=O) groups is 2. The Morgan fingerprint density at radius 2 is 1.55 bits per heavy atom. The number of nitrogens with zero attached hydrogens (tertiary/aromatic N) is 2. The summed E-state index contributed by atoms with van der Waals surface area (Å²) in [5.41, 5.74) is 2.61. The molecule has 9 heteroatoms. The van der Waals surface area contributed by atoms with E-state index in [1.165, 1.54) is 41.3 Å². The van der Waals surface area contributed by atoms with Gasteiger partial charge in [-0.25, -0.2) is 12.8 Å². The molecule has 1 atom stereocenters. The van der Waals surface area contributed by atoms with Crippen molar-refractivity contribution in [3.8, 4) is 0 Å². The summed E-state index contributed by atoms with van der Waals surface area (Å²) in [4.78, 5) is 28.1. The average molecular weight is 540 g/mol. The Kier molecular flexibility index (Phi) is 9.27. The molecule has 0 aliphatic carbocycles. The molecule has 0 unspecified atom stereocenters. The molecule has 0 aromatic heterocycles. The van der Waals surface area contributed by atoms with Crippen molar-refractivity contribution in [1.82, 2.24) is 10.2 Å². The van der Waals surface area contributed by atoms with Crippen LogP contribution in [-0.2, 0) is 26.2 Å². The molecule has 3 rings (SSSR count). The van der Waals surface area contributed by atoms with Gasteiger partial charge in [-0.05, 0) is 76.1 Å². The number of carbonyl (C=O) groups excluding carboxylic acids is 2. The molecule has 0 aliphatic heterocycles. The number of sulfonamides is 1. The Morgan fingerprint density at radius 3 is 2.13 bits per heavy atom. The van der Waals surface area contributed by atoms with E-state index in [1.54, 1.807) is 44.2 Å². The minimum atomic E-state index is -4.13. The number of anilines is 1. The Balaban J connectivity index is 2.05. The van der Waals surface area contributed by atoms with Crippen LogP contribution in [0, 0.1) is 19.7 Å². The summed E-state index contributed by atoms with van der Waals surface area (Å²) in [5, 5.41) is 2.80. The highest BCUT2D eigenvalue weighted by Gasteiger charge is 2.33. The molecule has 0 fully saturated rings. The SMILES string of the molecule is Cc1ccc(N(CC(=O)N(Cc2ccc(F)cc2)[C@@H](C)C(=O)NC(C)C)S(=O)(=O)c2ccccc2)c(C)c1. The Morgan fingerprint density at radius 1 is 0.921 bits per heavy atom. The van der Waals surface area contributed by atoms with Crippen LogP contribution in [0.15, 0.2) is 77.7 Å². The van der Waals surface area contributed by atoms with Crippen LogP contribution < -0.4 is 9.62 Å². The van der Waals surface area contributed by atoms with Crippen molar-refractivity contribution < 1.29 is 22.4 Å². The minimum Gasteiger partial charge on any atom is -0.352 e. The molecule has 0 aliphatic rings. The van der Waals surface area contributed by atoms with Gasteiger partial charge in [0.1, 0.15) is 18.4 Å². The molecule has 3 aromatic rings. The second kappa shape index (κ2) is 12.2. The third kappa shape index (κ3) is 6.98. The lowest BCUT2D eigenvalue weighted by Crippen LogP contribution is -2.52. The summed E-state index contributed by atoms with van der Waals surface area (Å²) in [7, 11) is -4.13. The first-order chi connectivity index (χ1) is 17.9. The van der Waals surface area contributed by atoms with Crippen LogP contribution in [0.5, 0.6) is 0 Å². The molecule has 3 aromatic carbocycles. The first-order valence-corrected chi connectivity index (χ1v) is 13.8. The van der Waals surface area contributed by atoms with Crippen LogP contribution in [0.4, 0.5) is 10.1 Å². The van der Waals surface area contributed by atoms with Gasteiger partial charge in [-0.2, -0.15) is 0 Å². The van der Waals surface area contributed by atoms with Gasteiger partial charge in [0.05, 0.1) is 10.6 Å². The summed E-state index contributed by atoms with van der Waals surface area (Å²) in [6.45, 7) is 8.37. The molecule has 1 N–H and O–H groups in total. The van der Waals surface area contributed by atoms with Gasteiger partial charge in [0.25, 0.3) is 10.0 Å². The van der Waals surface area contributed by atoms with Crippen LogP contribution in [0.2, 0.25) is 0 Å². The summed E-state index contributed by atoms with van der Waals surface area (Å²) in [5.74, 6) is -1.37. The van der Waals surface area contributed by atoms with Gasteiger partial charge in [0, 0.05) is 12.6 Å². The summed E-state index contributed by atoms with van der Waals surface area (Å²) >= 11 is 0. The standard InChI is InChI=1S/C29H34FN3O4S/c1-20(2)31-29(35)23(5)32(18-24-12-14-25(30)15-13-24)28(34)19-33(27-16-11-21(3)17-22(27)4)38(36,37)26-9-7-6-8-10-26/h6-17,20,23H,18-19H2,1-5H3,(H,31,35)/t23-/m0/s1. The predicted octanol–water partition coefficient (Wildman–Crippen LogP) is 4.58. The Hall–Kier alpha value is -3.72. The molecule has 2 amide bonds. The maximum absolute atomic E-state index is 13.9. The molecule has 0 spiro atoms. The highest BCUT2D eigenvalue weighted by molar-refractivity contribution is 7.92. The number of hydrogen-bond acceptors (Lipinski definition) is 4. The lowest BCUT2D eigenvalue weighted by molar-refractivity contribution is -0.139. The number of amides is 2. The van der Waals surface area contributed by atoms with Crippen molar-refractivity contribution in [1.29, 1.82) is 0 Å². The third-order valence-corrected chi connectivity index (χ3v) is 7.87. The van der Waals surface area contributed by atoms with Gasteiger partial charge in [-0.3, -0.25) is 13.9 Å². The van der Waals surface area contributed by atoms with Crippen molar-refractivity contribution in [3.05, 3.63) is 95.3 Å². The third-order valence-electron chi connectivity index (χ3n) is 6.10. The molecule has 0 radical (unpaired) electrons. The Bertz CT molecular complexity index is 1380. The van der Waals surface area contributed by atoms with Gasteiger partial charge in [-0.1, -0.05) is 48.0 Å². The van der Waals surface area contributed by atoms with E-state index in [9.17, 15) is 22.4 Å². The first-order valence-electron chi connectivity index (χ1n) is 12.4. The van der Waals surface area contributed by atoms with E-state index < -0.39 is 34.3 Å². The van der Waals surface area contributed by atoms with E-state index in [0.717, 1.165) is 9.87 Å². The zero-order valence-corrected chi connectivity index (χ0v) is 23.1. The monoisotopic (exact) mass is 539 g/mol. The number of nitrogens with one attached hydrogen (secondary N) is 1. The largest absolute Gasteiger partial charge is 0.352 e. The average Bonchev–Trinajstić information content (AvgIpc) is 2.87.